The normalized spacial score (nSPS) is 21.6. The molecule has 6 heteroatoms. The molecule has 1 saturated heterocycles. The maximum atomic E-state index is 12.4. The number of nitrogens with zero attached hydrogens (tertiary/aromatic N) is 2. The van der Waals surface area contributed by atoms with Crippen LogP contribution in [0.2, 0.25) is 0 Å². The number of likely N-dealkylation sites (N-methyl/N-ethyl adjacent to an activating group) is 1. The smallest absolute Gasteiger partial charge is 0.233 e. The van der Waals surface area contributed by atoms with Crippen molar-refractivity contribution in [2.45, 2.75) is 38.5 Å². The largest absolute Gasteiger partial charge is 0.341 e. The number of thioether (sulfide) groups is 1. The van der Waals surface area contributed by atoms with Crippen LogP contribution >= 0.6 is 23.1 Å². The Kier molecular flexibility index (Phi) is 5.31. The Bertz CT molecular complexity index is 583. The number of carbonyl (C=O) groups is 2. The number of thiophene rings is 1. The summed E-state index contributed by atoms with van der Waals surface area (Å²) in [5.41, 5.74) is 1.25. The van der Waals surface area contributed by atoms with Crippen LogP contribution in [0.4, 0.5) is 0 Å². The van der Waals surface area contributed by atoms with E-state index in [9.17, 15) is 9.59 Å². The highest BCUT2D eigenvalue weighted by Crippen LogP contribution is 2.42. The number of rotatable bonds is 6. The molecule has 4 nitrogen and oxygen atoms in total. The average molecular weight is 353 g/mol. The molecule has 0 aromatic carbocycles. The van der Waals surface area contributed by atoms with Crippen LogP contribution in [0.1, 0.15) is 42.0 Å². The van der Waals surface area contributed by atoms with Gasteiger partial charge in [0.25, 0.3) is 0 Å². The van der Waals surface area contributed by atoms with Crippen LogP contribution in [-0.4, -0.2) is 47.0 Å². The number of hydrogen-bond donors (Lipinski definition) is 0. The van der Waals surface area contributed by atoms with Gasteiger partial charge in [0.05, 0.1) is 5.75 Å². The monoisotopic (exact) mass is 352 g/mol. The minimum atomic E-state index is 0.125. The van der Waals surface area contributed by atoms with Crippen molar-refractivity contribution >= 4 is 34.9 Å². The van der Waals surface area contributed by atoms with E-state index in [1.807, 2.05) is 16.7 Å². The van der Waals surface area contributed by atoms with Crippen molar-refractivity contribution in [3.05, 3.63) is 21.9 Å². The van der Waals surface area contributed by atoms with Crippen molar-refractivity contribution in [2.24, 2.45) is 5.92 Å². The third-order valence-corrected chi connectivity index (χ3v) is 7.29. The van der Waals surface area contributed by atoms with E-state index in [0.29, 0.717) is 18.8 Å². The molecule has 1 unspecified atom stereocenters. The van der Waals surface area contributed by atoms with Crippen LogP contribution in [0, 0.1) is 12.8 Å². The van der Waals surface area contributed by atoms with Gasteiger partial charge in [-0.05, 0) is 43.7 Å². The molecule has 126 valence electrons. The first-order valence-corrected chi connectivity index (χ1v) is 10.3. The molecule has 1 aromatic heterocycles. The van der Waals surface area contributed by atoms with E-state index in [2.05, 4.69) is 18.4 Å². The first-order chi connectivity index (χ1) is 11.1. The lowest BCUT2D eigenvalue weighted by Crippen LogP contribution is -2.43. The van der Waals surface area contributed by atoms with Crippen molar-refractivity contribution in [3.63, 3.8) is 0 Å². The number of amides is 2. The highest BCUT2D eigenvalue weighted by atomic mass is 32.2. The molecule has 0 radical (unpaired) electrons. The first kappa shape index (κ1) is 16.8. The summed E-state index contributed by atoms with van der Waals surface area (Å²) in [6.45, 7) is 6.15. The van der Waals surface area contributed by atoms with E-state index < -0.39 is 0 Å². The molecule has 2 fully saturated rings. The van der Waals surface area contributed by atoms with E-state index in [0.717, 1.165) is 19.4 Å². The van der Waals surface area contributed by atoms with Crippen LogP contribution < -0.4 is 0 Å². The summed E-state index contributed by atoms with van der Waals surface area (Å²) in [7, 11) is 0. The molecule has 2 heterocycles. The lowest BCUT2D eigenvalue weighted by molar-refractivity contribution is -0.139. The summed E-state index contributed by atoms with van der Waals surface area (Å²) < 4.78 is 0. The second-order valence-corrected chi connectivity index (χ2v) is 8.28. The molecule has 23 heavy (non-hydrogen) atoms. The second kappa shape index (κ2) is 7.26. The zero-order chi connectivity index (χ0) is 16.4. The van der Waals surface area contributed by atoms with Gasteiger partial charge >= 0.3 is 0 Å². The maximum Gasteiger partial charge on any atom is 0.233 e. The highest BCUT2D eigenvalue weighted by Gasteiger charge is 2.35. The van der Waals surface area contributed by atoms with Crippen molar-refractivity contribution < 1.29 is 9.59 Å². The Hall–Kier alpha value is -1.01. The van der Waals surface area contributed by atoms with Crippen molar-refractivity contribution in [1.82, 2.24) is 9.80 Å². The summed E-state index contributed by atoms with van der Waals surface area (Å²) in [6.07, 6.45) is 3.24. The zero-order valence-corrected chi connectivity index (χ0v) is 15.4. The topological polar surface area (TPSA) is 40.6 Å². The molecule has 2 amide bonds. The quantitative estimate of drug-likeness (QED) is 0.789. The fourth-order valence-electron chi connectivity index (χ4n) is 3.12. The van der Waals surface area contributed by atoms with E-state index in [1.165, 1.54) is 16.9 Å². The second-order valence-electron chi connectivity index (χ2n) is 6.26. The molecule has 2 aliphatic rings. The highest BCUT2D eigenvalue weighted by molar-refractivity contribution is 8.00. The van der Waals surface area contributed by atoms with Gasteiger partial charge in [0.2, 0.25) is 11.8 Å². The van der Waals surface area contributed by atoms with Gasteiger partial charge in [-0.15, -0.1) is 23.1 Å². The minimum Gasteiger partial charge on any atom is -0.341 e. The molecular weight excluding hydrogens is 328 g/mol. The SMILES string of the molecule is CCN(CCN1C(=O)CSC1c1sccc1C)C(=O)C1CCC1. The van der Waals surface area contributed by atoms with Gasteiger partial charge in [-0.1, -0.05) is 6.42 Å². The van der Waals surface area contributed by atoms with Crippen LogP contribution in [0.5, 0.6) is 0 Å². The van der Waals surface area contributed by atoms with Gasteiger partial charge in [0.1, 0.15) is 5.37 Å². The standard InChI is InChI=1S/C17H24N2O2S2/c1-3-18(16(21)13-5-4-6-13)8-9-19-14(20)11-23-17(19)15-12(2)7-10-22-15/h7,10,13,17H,3-6,8-9,11H2,1-2H3. The van der Waals surface area contributed by atoms with Gasteiger partial charge in [0.15, 0.2) is 0 Å². The Morgan fingerprint density at radius 3 is 2.78 bits per heavy atom. The molecule has 1 aromatic rings. The molecule has 1 saturated carbocycles. The molecule has 0 bridgehead atoms. The summed E-state index contributed by atoms with van der Waals surface area (Å²) in [5, 5.41) is 2.21. The number of carbonyl (C=O) groups excluding carboxylic acids is 2. The predicted octanol–water partition coefficient (Wildman–Crippen LogP) is 3.28. The van der Waals surface area contributed by atoms with Crippen LogP contribution in [-0.2, 0) is 9.59 Å². The van der Waals surface area contributed by atoms with Gasteiger partial charge in [-0.2, -0.15) is 0 Å². The lowest BCUT2D eigenvalue weighted by atomic mass is 9.84. The third kappa shape index (κ3) is 3.43. The number of aryl methyl sites for hydroxylation is 1. The molecule has 0 N–H and O–H groups in total. The minimum absolute atomic E-state index is 0.125. The van der Waals surface area contributed by atoms with E-state index >= 15 is 0 Å². The zero-order valence-electron chi connectivity index (χ0n) is 13.8. The van der Waals surface area contributed by atoms with Crippen LogP contribution in [0.3, 0.4) is 0 Å². The first-order valence-electron chi connectivity index (χ1n) is 8.35. The summed E-state index contributed by atoms with van der Waals surface area (Å²) >= 11 is 3.42. The van der Waals surface area contributed by atoms with Crippen molar-refractivity contribution in [2.75, 3.05) is 25.4 Å². The van der Waals surface area contributed by atoms with Gasteiger partial charge in [-0.3, -0.25) is 9.59 Å². The van der Waals surface area contributed by atoms with Crippen LogP contribution in [0.25, 0.3) is 0 Å². The molecule has 1 atom stereocenters. The molecule has 0 spiro atoms. The maximum absolute atomic E-state index is 12.4. The Labute approximate surface area is 146 Å². The van der Waals surface area contributed by atoms with Crippen molar-refractivity contribution in [3.8, 4) is 0 Å². The predicted molar refractivity (Wildman–Crippen MR) is 95.6 cm³/mol. The van der Waals surface area contributed by atoms with Gasteiger partial charge < -0.3 is 9.80 Å². The summed E-state index contributed by atoms with van der Waals surface area (Å²) in [6, 6.07) is 2.11. The Morgan fingerprint density at radius 2 is 2.22 bits per heavy atom. The fourth-order valence-corrected chi connectivity index (χ4v) is 5.61. The lowest BCUT2D eigenvalue weighted by Gasteiger charge is -2.33. The van der Waals surface area contributed by atoms with E-state index in [1.54, 1.807) is 23.1 Å². The molecule has 1 aliphatic carbocycles. The average Bonchev–Trinajstić information content (AvgIpc) is 3.04. The molecule has 3 rings (SSSR count). The van der Waals surface area contributed by atoms with Crippen molar-refractivity contribution in [1.29, 1.82) is 0 Å². The summed E-state index contributed by atoms with van der Waals surface area (Å²) in [4.78, 5) is 29.9. The van der Waals surface area contributed by atoms with Crippen LogP contribution in [0.15, 0.2) is 11.4 Å². The Morgan fingerprint density at radius 1 is 1.43 bits per heavy atom. The third-order valence-electron chi connectivity index (χ3n) is 4.85. The van der Waals surface area contributed by atoms with Gasteiger partial charge in [0, 0.05) is 30.4 Å². The number of hydrogen-bond acceptors (Lipinski definition) is 4. The Balaban J connectivity index is 1.63. The molecule has 1 aliphatic heterocycles. The fraction of sp³-hybridized carbons (Fsp3) is 0.647. The molecular formula is C17H24N2O2S2. The van der Waals surface area contributed by atoms with Gasteiger partial charge in [-0.25, -0.2) is 0 Å². The van der Waals surface area contributed by atoms with E-state index in [4.69, 9.17) is 0 Å². The summed E-state index contributed by atoms with van der Waals surface area (Å²) in [5.74, 6) is 1.25. The van der Waals surface area contributed by atoms with E-state index in [-0.39, 0.29) is 23.1 Å².